The lowest BCUT2D eigenvalue weighted by molar-refractivity contribution is -0.123. The maximum atomic E-state index is 12.8. The predicted molar refractivity (Wildman–Crippen MR) is 109 cm³/mol. The van der Waals surface area contributed by atoms with Gasteiger partial charge in [-0.1, -0.05) is 0 Å². The number of hydrogen-bond donors (Lipinski definition) is 2. The van der Waals surface area contributed by atoms with Crippen LogP contribution in [0.1, 0.15) is 26.9 Å². The van der Waals surface area contributed by atoms with Gasteiger partial charge in [0.05, 0.1) is 0 Å². The molecular weight excluding hydrogens is 356 g/mol. The molecule has 1 atom stereocenters. The van der Waals surface area contributed by atoms with E-state index in [1.54, 1.807) is 36.1 Å². The van der Waals surface area contributed by atoms with Crippen LogP contribution in [0.5, 0.6) is 0 Å². The van der Waals surface area contributed by atoms with E-state index in [9.17, 15) is 4.79 Å². The number of aryl methyl sites for hydroxylation is 1. The SMILES string of the molecule is Cc1ccc(C(NCCc2ccncc2)C(=O)NCCc2ccncc2)s1. The summed E-state index contributed by atoms with van der Waals surface area (Å²) in [4.78, 5) is 23.1. The number of hydrogen-bond acceptors (Lipinski definition) is 5. The van der Waals surface area contributed by atoms with Gasteiger partial charge in [0.2, 0.25) is 5.91 Å². The van der Waals surface area contributed by atoms with Crippen molar-refractivity contribution in [2.24, 2.45) is 0 Å². The van der Waals surface area contributed by atoms with Crippen molar-refractivity contribution in [2.75, 3.05) is 13.1 Å². The highest BCUT2D eigenvalue weighted by molar-refractivity contribution is 7.12. The highest BCUT2D eigenvalue weighted by Gasteiger charge is 2.21. The van der Waals surface area contributed by atoms with Crippen LogP contribution in [0.2, 0.25) is 0 Å². The zero-order valence-electron chi connectivity index (χ0n) is 15.4. The van der Waals surface area contributed by atoms with Crippen LogP contribution in [0.15, 0.2) is 61.2 Å². The number of amides is 1. The number of nitrogens with zero attached hydrogens (tertiary/aromatic N) is 2. The van der Waals surface area contributed by atoms with Gasteiger partial charge in [0.25, 0.3) is 0 Å². The van der Waals surface area contributed by atoms with Gasteiger partial charge in [-0.05, 0) is 67.3 Å². The molecule has 1 amide bonds. The first-order chi connectivity index (χ1) is 13.2. The molecule has 2 N–H and O–H groups in total. The summed E-state index contributed by atoms with van der Waals surface area (Å²) in [5.74, 6) is 0.0145. The molecule has 0 spiro atoms. The summed E-state index contributed by atoms with van der Waals surface area (Å²) in [6, 6.07) is 11.7. The Labute approximate surface area is 163 Å². The van der Waals surface area contributed by atoms with Crippen molar-refractivity contribution in [3.8, 4) is 0 Å². The van der Waals surface area contributed by atoms with E-state index in [-0.39, 0.29) is 11.9 Å². The maximum absolute atomic E-state index is 12.8. The number of nitrogens with one attached hydrogen (secondary N) is 2. The molecule has 0 saturated carbocycles. The van der Waals surface area contributed by atoms with Gasteiger partial charge in [-0.15, -0.1) is 11.3 Å². The minimum Gasteiger partial charge on any atom is -0.354 e. The summed E-state index contributed by atoms with van der Waals surface area (Å²) in [5.41, 5.74) is 2.37. The molecule has 1 unspecified atom stereocenters. The summed E-state index contributed by atoms with van der Waals surface area (Å²) in [6.45, 7) is 3.39. The molecule has 3 aromatic rings. The molecule has 5 nitrogen and oxygen atoms in total. The molecule has 3 aromatic heterocycles. The molecule has 3 rings (SSSR count). The zero-order chi connectivity index (χ0) is 18.9. The van der Waals surface area contributed by atoms with Crippen molar-refractivity contribution in [1.82, 2.24) is 20.6 Å². The summed E-state index contributed by atoms with van der Waals surface area (Å²) in [6.07, 6.45) is 8.78. The van der Waals surface area contributed by atoms with E-state index < -0.39 is 0 Å². The van der Waals surface area contributed by atoms with Gasteiger partial charge >= 0.3 is 0 Å². The first-order valence-corrected chi connectivity index (χ1v) is 9.89. The molecule has 140 valence electrons. The van der Waals surface area contributed by atoms with Crippen molar-refractivity contribution in [1.29, 1.82) is 0 Å². The van der Waals surface area contributed by atoms with Crippen molar-refractivity contribution >= 4 is 17.2 Å². The van der Waals surface area contributed by atoms with Crippen molar-refractivity contribution < 1.29 is 4.79 Å². The Balaban J connectivity index is 1.56. The fourth-order valence-corrected chi connectivity index (χ4v) is 3.78. The lowest BCUT2D eigenvalue weighted by Crippen LogP contribution is -2.38. The summed E-state index contributed by atoms with van der Waals surface area (Å²) < 4.78 is 0. The first kappa shape index (κ1) is 19.2. The third-order valence-electron chi connectivity index (χ3n) is 4.28. The van der Waals surface area contributed by atoms with Crippen LogP contribution in [0.3, 0.4) is 0 Å². The fraction of sp³-hybridized carbons (Fsp3) is 0.286. The number of rotatable bonds is 9. The molecule has 0 aliphatic heterocycles. The Morgan fingerprint density at radius 3 is 2.07 bits per heavy atom. The summed E-state index contributed by atoms with van der Waals surface area (Å²) in [5, 5.41) is 6.48. The van der Waals surface area contributed by atoms with Crippen LogP contribution in [0, 0.1) is 6.92 Å². The molecule has 0 bridgehead atoms. The highest BCUT2D eigenvalue weighted by Crippen LogP contribution is 2.23. The molecule has 6 heteroatoms. The third kappa shape index (κ3) is 5.98. The molecular formula is C21H24N4OS. The van der Waals surface area contributed by atoms with Crippen LogP contribution >= 0.6 is 11.3 Å². The Bertz CT molecular complexity index is 836. The van der Waals surface area contributed by atoms with Crippen LogP contribution in [0.4, 0.5) is 0 Å². The molecule has 27 heavy (non-hydrogen) atoms. The molecule has 0 saturated heterocycles. The minimum atomic E-state index is -0.331. The van der Waals surface area contributed by atoms with E-state index in [1.165, 1.54) is 16.0 Å². The van der Waals surface area contributed by atoms with E-state index in [1.807, 2.05) is 30.3 Å². The largest absolute Gasteiger partial charge is 0.354 e. The normalized spacial score (nSPS) is 11.9. The average molecular weight is 381 g/mol. The van der Waals surface area contributed by atoms with Crippen LogP contribution in [0.25, 0.3) is 0 Å². The van der Waals surface area contributed by atoms with Crippen molar-refractivity contribution in [3.63, 3.8) is 0 Å². The number of aromatic nitrogens is 2. The Kier molecular flexibility index (Phi) is 7.07. The highest BCUT2D eigenvalue weighted by atomic mass is 32.1. The summed E-state index contributed by atoms with van der Waals surface area (Å²) >= 11 is 1.66. The second-order valence-electron chi connectivity index (χ2n) is 6.34. The first-order valence-electron chi connectivity index (χ1n) is 9.07. The Morgan fingerprint density at radius 1 is 0.926 bits per heavy atom. The molecule has 0 aliphatic carbocycles. The van der Waals surface area contributed by atoms with Gasteiger partial charge in [-0.2, -0.15) is 0 Å². The molecule has 3 heterocycles. The molecule has 0 fully saturated rings. The second-order valence-corrected chi connectivity index (χ2v) is 7.66. The van der Waals surface area contributed by atoms with Gasteiger partial charge in [-0.3, -0.25) is 14.8 Å². The van der Waals surface area contributed by atoms with Crippen LogP contribution in [-0.4, -0.2) is 29.0 Å². The lowest BCUT2D eigenvalue weighted by atomic mass is 10.1. The number of carbonyl (C=O) groups is 1. The number of thiophene rings is 1. The minimum absolute atomic E-state index is 0.0145. The van der Waals surface area contributed by atoms with E-state index in [2.05, 4.69) is 33.6 Å². The van der Waals surface area contributed by atoms with Gasteiger partial charge in [0, 0.05) is 47.6 Å². The Hall–Kier alpha value is -2.57. The Morgan fingerprint density at radius 2 is 1.52 bits per heavy atom. The van der Waals surface area contributed by atoms with Gasteiger partial charge < -0.3 is 10.6 Å². The summed E-state index contributed by atoms with van der Waals surface area (Å²) in [7, 11) is 0. The fourth-order valence-electron chi connectivity index (χ4n) is 2.82. The predicted octanol–water partition coefficient (Wildman–Crippen LogP) is 3.08. The van der Waals surface area contributed by atoms with Crippen molar-refractivity contribution in [2.45, 2.75) is 25.8 Å². The molecule has 0 aromatic carbocycles. The quantitative estimate of drug-likeness (QED) is 0.599. The second kappa shape index (κ2) is 9.94. The van der Waals surface area contributed by atoms with E-state index >= 15 is 0 Å². The van der Waals surface area contributed by atoms with E-state index in [4.69, 9.17) is 0 Å². The smallest absolute Gasteiger partial charge is 0.242 e. The zero-order valence-corrected chi connectivity index (χ0v) is 16.2. The van der Waals surface area contributed by atoms with E-state index in [0.29, 0.717) is 6.54 Å². The molecule has 0 aliphatic rings. The topological polar surface area (TPSA) is 66.9 Å². The van der Waals surface area contributed by atoms with Crippen molar-refractivity contribution in [3.05, 3.63) is 82.1 Å². The monoisotopic (exact) mass is 380 g/mol. The van der Waals surface area contributed by atoms with Gasteiger partial charge in [0.15, 0.2) is 0 Å². The van der Waals surface area contributed by atoms with Crippen LogP contribution in [-0.2, 0) is 17.6 Å². The lowest BCUT2D eigenvalue weighted by Gasteiger charge is -2.17. The average Bonchev–Trinajstić information content (AvgIpc) is 3.12. The third-order valence-corrected chi connectivity index (χ3v) is 5.35. The van der Waals surface area contributed by atoms with E-state index in [0.717, 1.165) is 24.3 Å². The molecule has 0 radical (unpaired) electrons. The van der Waals surface area contributed by atoms with Gasteiger partial charge in [-0.25, -0.2) is 0 Å². The maximum Gasteiger partial charge on any atom is 0.242 e. The van der Waals surface area contributed by atoms with Gasteiger partial charge in [0.1, 0.15) is 6.04 Å². The number of carbonyl (C=O) groups excluding carboxylic acids is 1. The van der Waals surface area contributed by atoms with Crippen LogP contribution < -0.4 is 10.6 Å². The standard InChI is InChI=1S/C21H24N4OS/c1-16-2-3-19(27-16)20(24-14-8-17-4-10-22-11-5-17)21(26)25-15-9-18-6-12-23-13-7-18/h2-7,10-13,20,24H,8-9,14-15H2,1H3,(H,25,26). The number of pyridine rings is 2.